The number of benzene rings is 2. The zero-order valence-corrected chi connectivity index (χ0v) is 17.8. The van der Waals surface area contributed by atoms with Gasteiger partial charge < -0.3 is 10.4 Å². The fourth-order valence-electron chi connectivity index (χ4n) is 1.90. The number of carbonyl (C=O) groups is 2. The molecule has 0 heterocycles. The highest BCUT2D eigenvalue weighted by Gasteiger charge is 2.16. The second-order valence-electron chi connectivity index (χ2n) is 4.80. The molecule has 0 saturated heterocycles. The number of hydrogen-bond acceptors (Lipinski definition) is 3. The summed E-state index contributed by atoms with van der Waals surface area (Å²) in [7, 11) is 0. The summed E-state index contributed by atoms with van der Waals surface area (Å²) in [5.41, 5.74) is 1.33. The summed E-state index contributed by atoms with van der Waals surface area (Å²) in [5, 5.41) is 14.7. The van der Waals surface area contributed by atoms with Gasteiger partial charge in [0.25, 0.3) is 0 Å². The summed E-state index contributed by atoms with van der Waals surface area (Å²) in [6.45, 7) is 0. The number of rotatable bonds is 4. The van der Waals surface area contributed by atoms with Crippen molar-refractivity contribution < 1.29 is 14.7 Å². The number of halogens is 2. The molecule has 0 atom stereocenters. The van der Waals surface area contributed by atoms with Crippen molar-refractivity contribution in [3.8, 4) is 0 Å². The standard InChI is InChI=1S/C17H12I2N2O3S/c18-11-8-12(16(23)24)15(13(19)9-11)21-17(25)20-14(22)7-6-10-4-2-1-3-5-10/h1-9H,(H,23,24)(H2,20,21,22,25)/b7-6+. The molecular formula is C17H12I2N2O3S. The van der Waals surface area contributed by atoms with Crippen LogP contribution in [0.25, 0.3) is 6.08 Å². The van der Waals surface area contributed by atoms with Crippen molar-refractivity contribution in [2.75, 3.05) is 5.32 Å². The topological polar surface area (TPSA) is 78.4 Å². The van der Waals surface area contributed by atoms with Crippen molar-refractivity contribution in [1.82, 2.24) is 5.32 Å². The Morgan fingerprint density at radius 2 is 1.80 bits per heavy atom. The molecule has 0 unspecified atom stereocenters. The van der Waals surface area contributed by atoms with Gasteiger partial charge in [0.05, 0.1) is 11.3 Å². The van der Waals surface area contributed by atoms with Gasteiger partial charge in [0.1, 0.15) is 0 Å². The van der Waals surface area contributed by atoms with Crippen LogP contribution in [0.4, 0.5) is 5.69 Å². The maximum atomic E-state index is 11.9. The van der Waals surface area contributed by atoms with Gasteiger partial charge in [-0.05, 0) is 81.2 Å². The van der Waals surface area contributed by atoms with Crippen LogP contribution in [0.15, 0.2) is 48.5 Å². The van der Waals surface area contributed by atoms with Crippen LogP contribution >= 0.6 is 57.4 Å². The minimum Gasteiger partial charge on any atom is -0.478 e. The maximum Gasteiger partial charge on any atom is 0.337 e. The quantitative estimate of drug-likeness (QED) is 0.289. The molecule has 25 heavy (non-hydrogen) atoms. The number of aromatic carboxylic acids is 1. The van der Waals surface area contributed by atoms with E-state index in [-0.39, 0.29) is 10.7 Å². The summed E-state index contributed by atoms with van der Waals surface area (Å²) in [5.74, 6) is -1.48. The third kappa shape index (κ3) is 6.04. The molecule has 2 aromatic rings. The van der Waals surface area contributed by atoms with E-state index in [0.29, 0.717) is 9.26 Å². The molecule has 0 aliphatic heterocycles. The molecule has 0 saturated carbocycles. The van der Waals surface area contributed by atoms with Crippen molar-refractivity contribution in [3.05, 3.63) is 66.8 Å². The predicted molar refractivity (Wildman–Crippen MR) is 119 cm³/mol. The second-order valence-corrected chi connectivity index (χ2v) is 7.62. The molecule has 0 radical (unpaired) electrons. The number of carboxylic acids is 1. The van der Waals surface area contributed by atoms with E-state index in [0.717, 1.165) is 9.13 Å². The summed E-state index contributed by atoms with van der Waals surface area (Å²) in [4.78, 5) is 23.3. The minimum atomic E-state index is -1.07. The number of carbonyl (C=O) groups excluding carboxylic acids is 1. The van der Waals surface area contributed by atoms with E-state index >= 15 is 0 Å². The van der Waals surface area contributed by atoms with Gasteiger partial charge >= 0.3 is 5.97 Å². The Labute approximate surface area is 177 Å². The molecular weight excluding hydrogens is 566 g/mol. The van der Waals surface area contributed by atoms with E-state index in [1.807, 2.05) is 81.6 Å². The zero-order valence-electron chi connectivity index (χ0n) is 12.6. The zero-order chi connectivity index (χ0) is 18.4. The van der Waals surface area contributed by atoms with Crippen LogP contribution in [0.3, 0.4) is 0 Å². The number of nitrogens with one attached hydrogen (secondary N) is 2. The lowest BCUT2D eigenvalue weighted by Gasteiger charge is -2.13. The van der Waals surface area contributed by atoms with Gasteiger partial charge in [-0.2, -0.15) is 0 Å². The smallest absolute Gasteiger partial charge is 0.337 e. The lowest BCUT2D eigenvalue weighted by atomic mass is 10.2. The molecule has 0 aromatic heterocycles. The number of anilines is 1. The van der Waals surface area contributed by atoms with Crippen LogP contribution < -0.4 is 10.6 Å². The van der Waals surface area contributed by atoms with E-state index in [1.54, 1.807) is 6.08 Å². The number of amides is 1. The monoisotopic (exact) mass is 578 g/mol. The third-order valence-corrected chi connectivity index (χ3v) is 4.67. The first-order valence-corrected chi connectivity index (χ1v) is 9.51. The SMILES string of the molecule is O=C(/C=C/c1ccccc1)NC(=S)Nc1c(I)cc(I)cc1C(=O)O. The molecule has 128 valence electrons. The first-order chi connectivity index (χ1) is 11.9. The minimum absolute atomic E-state index is 0.0318. The van der Waals surface area contributed by atoms with Crippen molar-refractivity contribution >= 4 is 86.2 Å². The van der Waals surface area contributed by atoms with Gasteiger partial charge in [0.15, 0.2) is 5.11 Å². The Balaban J connectivity index is 2.07. The van der Waals surface area contributed by atoms with E-state index in [1.165, 1.54) is 12.1 Å². The average molecular weight is 578 g/mol. The van der Waals surface area contributed by atoms with Gasteiger partial charge in [-0.1, -0.05) is 30.3 Å². The predicted octanol–water partition coefficient (Wildman–Crippen LogP) is 4.12. The Kier molecular flexibility index (Phi) is 7.32. The Bertz CT molecular complexity index is 854. The van der Waals surface area contributed by atoms with E-state index in [2.05, 4.69) is 10.6 Å². The molecule has 0 spiro atoms. The van der Waals surface area contributed by atoms with Crippen LogP contribution in [0.1, 0.15) is 15.9 Å². The van der Waals surface area contributed by atoms with E-state index in [4.69, 9.17) is 12.2 Å². The highest BCUT2D eigenvalue weighted by atomic mass is 127. The van der Waals surface area contributed by atoms with Gasteiger partial charge in [0, 0.05) is 13.2 Å². The highest BCUT2D eigenvalue weighted by Crippen LogP contribution is 2.26. The van der Waals surface area contributed by atoms with Gasteiger partial charge in [-0.15, -0.1) is 0 Å². The highest BCUT2D eigenvalue weighted by molar-refractivity contribution is 14.1. The maximum absolute atomic E-state index is 11.9. The normalized spacial score (nSPS) is 10.5. The van der Waals surface area contributed by atoms with E-state index < -0.39 is 11.9 Å². The van der Waals surface area contributed by atoms with Gasteiger partial charge in [-0.3, -0.25) is 10.1 Å². The van der Waals surface area contributed by atoms with E-state index in [9.17, 15) is 14.7 Å². The van der Waals surface area contributed by atoms with Gasteiger partial charge in [0.2, 0.25) is 5.91 Å². The number of hydrogen-bond donors (Lipinski definition) is 3. The molecule has 3 N–H and O–H groups in total. The second kappa shape index (κ2) is 9.25. The molecule has 1 amide bonds. The molecule has 0 aliphatic carbocycles. The van der Waals surface area contributed by atoms with Crippen molar-refractivity contribution in [1.29, 1.82) is 0 Å². The third-order valence-electron chi connectivity index (χ3n) is 2.99. The van der Waals surface area contributed by atoms with Crippen LogP contribution in [0.5, 0.6) is 0 Å². The van der Waals surface area contributed by atoms with Crippen molar-refractivity contribution in [2.24, 2.45) is 0 Å². The summed E-state index contributed by atoms with van der Waals surface area (Å²) in [6.07, 6.45) is 3.02. The van der Waals surface area contributed by atoms with Crippen LogP contribution in [-0.2, 0) is 4.79 Å². The first-order valence-electron chi connectivity index (χ1n) is 6.94. The Hall–Kier alpha value is -1.53. The van der Waals surface area contributed by atoms with Crippen LogP contribution in [0, 0.1) is 7.14 Å². The Morgan fingerprint density at radius 3 is 2.44 bits per heavy atom. The summed E-state index contributed by atoms with van der Waals surface area (Å²) in [6, 6.07) is 12.7. The van der Waals surface area contributed by atoms with Crippen molar-refractivity contribution in [2.45, 2.75) is 0 Å². The first kappa shape index (κ1) is 19.8. The number of thiocarbonyl (C=S) groups is 1. The molecule has 0 fully saturated rings. The fraction of sp³-hybridized carbons (Fsp3) is 0. The lowest BCUT2D eigenvalue weighted by molar-refractivity contribution is -0.115. The average Bonchev–Trinajstić information content (AvgIpc) is 2.56. The lowest BCUT2D eigenvalue weighted by Crippen LogP contribution is -2.33. The molecule has 5 nitrogen and oxygen atoms in total. The Morgan fingerprint density at radius 1 is 1.12 bits per heavy atom. The molecule has 0 aliphatic rings. The molecule has 2 rings (SSSR count). The van der Waals surface area contributed by atoms with Gasteiger partial charge in [-0.25, -0.2) is 4.79 Å². The molecule has 8 heteroatoms. The van der Waals surface area contributed by atoms with Crippen LogP contribution in [-0.4, -0.2) is 22.1 Å². The summed E-state index contributed by atoms with van der Waals surface area (Å²) >= 11 is 9.17. The summed E-state index contributed by atoms with van der Waals surface area (Å²) < 4.78 is 1.49. The number of carboxylic acid groups (broad SMARTS) is 1. The fourth-order valence-corrected chi connectivity index (χ4v) is 4.09. The van der Waals surface area contributed by atoms with Crippen LogP contribution in [0.2, 0.25) is 0 Å². The largest absolute Gasteiger partial charge is 0.478 e. The van der Waals surface area contributed by atoms with Crippen molar-refractivity contribution in [3.63, 3.8) is 0 Å². The molecule has 2 aromatic carbocycles. The molecule has 0 bridgehead atoms.